The summed E-state index contributed by atoms with van der Waals surface area (Å²) in [5.74, 6) is 0.915. The smallest absolute Gasteiger partial charge is 0.252 e. The van der Waals surface area contributed by atoms with E-state index in [1.807, 2.05) is 6.92 Å². The van der Waals surface area contributed by atoms with Gasteiger partial charge in [-0.3, -0.25) is 0 Å². The molecule has 0 saturated carbocycles. The van der Waals surface area contributed by atoms with E-state index in [2.05, 4.69) is 15.5 Å². The topological polar surface area (TPSA) is 60.2 Å². The fraction of sp³-hybridized carbons (Fsp3) is 0.385. The van der Waals surface area contributed by atoms with Gasteiger partial charge in [0.25, 0.3) is 5.89 Å². The Kier molecular flexibility index (Phi) is 3.69. The van der Waals surface area contributed by atoms with Crippen molar-refractivity contribution in [2.24, 2.45) is 0 Å². The van der Waals surface area contributed by atoms with Crippen molar-refractivity contribution in [3.8, 4) is 11.4 Å². The molecule has 2 aromatic rings. The molecule has 0 amide bonds. The SMILES string of the molecule is CC1(OCc2nc(-c3ccc(Cl)c(Cl)c3)no2)CNC1. The van der Waals surface area contributed by atoms with E-state index in [-0.39, 0.29) is 5.60 Å². The molecule has 3 rings (SSSR count). The normalized spacial score (nSPS) is 16.9. The first kappa shape index (κ1) is 13.8. The van der Waals surface area contributed by atoms with Crippen LogP contribution in [0.3, 0.4) is 0 Å². The van der Waals surface area contributed by atoms with E-state index >= 15 is 0 Å². The summed E-state index contributed by atoms with van der Waals surface area (Å²) in [7, 11) is 0. The summed E-state index contributed by atoms with van der Waals surface area (Å²) >= 11 is 11.8. The molecule has 1 N–H and O–H groups in total. The second-order valence-corrected chi connectivity index (χ2v) is 5.80. The molecule has 0 spiro atoms. The van der Waals surface area contributed by atoms with E-state index in [4.69, 9.17) is 32.5 Å². The summed E-state index contributed by atoms with van der Waals surface area (Å²) in [6.45, 7) is 4.01. The Balaban J connectivity index is 1.71. The van der Waals surface area contributed by atoms with Crippen molar-refractivity contribution >= 4 is 23.2 Å². The molecule has 0 unspecified atom stereocenters. The first-order valence-electron chi connectivity index (χ1n) is 6.18. The third-order valence-electron chi connectivity index (χ3n) is 3.19. The number of benzene rings is 1. The maximum absolute atomic E-state index is 5.97. The lowest BCUT2D eigenvalue weighted by Crippen LogP contribution is -2.58. The Morgan fingerprint density at radius 3 is 2.80 bits per heavy atom. The first-order valence-corrected chi connectivity index (χ1v) is 6.94. The van der Waals surface area contributed by atoms with Gasteiger partial charge in [-0.15, -0.1) is 0 Å². The van der Waals surface area contributed by atoms with Crippen LogP contribution in [0, 0.1) is 0 Å². The lowest BCUT2D eigenvalue weighted by molar-refractivity contribution is -0.0841. The van der Waals surface area contributed by atoms with Crippen LogP contribution < -0.4 is 5.32 Å². The fourth-order valence-corrected chi connectivity index (χ4v) is 2.18. The maximum Gasteiger partial charge on any atom is 0.252 e. The van der Waals surface area contributed by atoms with Crippen LogP contribution in [-0.2, 0) is 11.3 Å². The number of ether oxygens (including phenoxy) is 1. The number of hydrogen-bond acceptors (Lipinski definition) is 5. The highest BCUT2D eigenvalue weighted by Gasteiger charge is 2.33. The molecule has 1 aromatic carbocycles. The molecule has 1 saturated heterocycles. The molecule has 2 heterocycles. The van der Waals surface area contributed by atoms with E-state index in [0.717, 1.165) is 18.7 Å². The Hall–Kier alpha value is -1.14. The molecule has 1 aliphatic rings. The van der Waals surface area contributed by atoms with Crippen LogP contribution in [0.4, 0.5) is 0 Å². The van der Waals surface area contributed by atoms with Gasteiger partial charge >= 0.3 is 0 Å². The molecule has 106 valence electrons. The van der Waals surface area contributed by atoms with Gasteiger partial charge in [0, 0.05) is 18.7 Å². The van der Waals surface area contributed by atoms with Crippen molar-refractivity contribution in [2.45, 2.75) is 19.1 Å². The van der Waals surface area contributed by atoms with E-state index in [9.17, 15) is 0 Å². The Bertz CT molecular complexity index is 626. The quantitative estimate of drug-likeness (QED) is 0.940. The Labute approximate surface area is 126 Å². The van der Waals surface area contributed by atoms with Crippen LogP contribution in [0.5, 0.6) is 0 Å². The van der Waals surface area contributed by atoms with Crippen molar-refractivity contribution < 1.29 is 9.26 Å². The highest BCUT2D eigenvalue weighted by Crippen LogP contribution is 2.27. The average molecular weight is 314 g/mol. The van der Waals surface area contributed by atoms with Gasteiger partial charge in [0.15, 0.2) is 0 Å². The monoisotopic (exact) mass is 313 g/mol. The third-order valence-corrected chi connectivity index (χ3v) is 3.93. The van der Waals surface area contributed by atoms with Gasteiger partial charge in [0.1, 0.15) is 6.61 Å². The number of halogens is 2. The van der Waals surface area contributed by atoms with Gasteiger partial charge in [-0.05, 0) is 25.1 Å². The first-order chi connectivity index (χ1) is 9.56. The second-order valence-electron chi connectivity index (χ2n) is 4.98. The van der Waals surface area contributed by atoms with E-state index < -0.39 is 0 Å². The van der Waals surface area contributed by atoms with Crippen LogP contribution in [0.2, 0.25) is 10.0 Å². The zero-order chi connectivity index (χ0) is 14.2. The number of aromatic nitrogens is 2. The number of rotatable bonds is 4. The minimum absolute atomic E-state index is 0.141. The molecule has 1 aliphatic heterocycles. The van der Waals surface area contributed by atoms with Crippen LogP contribution >= 0.6 is 23.2 Å². The molecule has 20 heavy (non-hydrogen) atoms. The number of nitrogens with zero attached hydrogens (tertiary/aromatic N) is 2. The molecule has 1 aromatic heterocycles. The summed E-state index contributed by atoms with van der Waals surface area (Å²) < 4.78 is 10.9. The van der Waals surface area contributed by atoms with Crippen molar-refractivity contribution in [2.75, 3.05) is 13.1 Å². The van der Waals surface area contributed by atoms with Crippen molar-refractivity contribution in [1.82, 2.24) is 15.5 Å². The summed E-state index contributed by atoms with van der Waals surface area (Å²) in [4.78, 5) is 4.29. The zero-order valence-corrected chi connectivity index (χ0v) is 12.3. The highest BCUT2D eigenvalue weighted by atomic mass is 35.5. The molecule has 7 heteroatoms. The average Bonchev–Trinajstić information content (AvgIpc) is 2.86. The Morgan fingerprint density at radius 2 is 2.15 bits per heavy atom. The molecule has 0 atom stereocenters. The van der Waals surface area contributed by atoms with Gasteiger partial charge < -0.3 is 14.6 Å². The fourth-order valence-electron chi connectivity index (χ4n) is 1.88. The molecular formula is C13H13Cl2N3O2. The molecule has 1 fully saturated rings. The largest absolute Gasteiger partial charge is 0.363 e. The zero-order valence-electron chi connectivity index (χ0n) is 10.8. The summed E-state index contributed by atoms with van der Waals surface area (Å²) in [5, 5.41) is 8.03. The minimum atomic E-state index is -0.141. The van der Waals surface area contributed by atoms with Gasteiger partial charge in [0.05, 0.1) is 15.6 Å². The number of hydrogen-bond donors (Lipinski definition) is 1. The minimum Gasteiger partial charge on any atom is -0.363 e. The van der Waals surface area contributed by atoms with Crippen molar-refractivity contribution in [3.05, 3.63) is 34.1 Å². The van der Waals surface area contributed by atoms with Crippen LogP contribution in [0.25, 0.3) is 11.4 Å². The van der Waals surface area contributed by atoms with E-state index in [1.165, 1.54) is 0 Å². The second kappa shape index (κ2) is 5.33. The predicted molar refractivity (Wildman–Crippen MR) is 75.8 cm³/mol. The molecule has 0 bridgehead atoms. The third kappa shape index (κ3) is 2.81. The van der Waals surface area contributed by atoms with E-state index in [0.29, 0.717) is 28.4 Å². The summed E-state index contributed by atoms with van der Waals surface area (Å²) in [6, 6.07) is 5.20. The summed E-state index contributed by atoms with van der Waals surface area (Å²) in [6.07, 6.45) is 0. The molecule has 0 radical (unpaired) electrons. The van der Waals surface area contributed by atoms with Gasteiger partial charge in [-0.25, -0.2) is 0 Å². The summed E-state index contributed by atoms with van der Waals surface area (Å²) in [5.41, 5.74) is 0.615. The molecule has 5 nitrogen and oxygen atoms in total. The standard InChI is InChI=1S/C13H13Cl2N3O2/c1-13(6-16-7-13)19-5-11-17-12(18-20-11)8-2-3-9(14)10(15)4-8/h2-4,16H,5-7H2,1H3. The van der Waals surface area contributed by atoms with Crippen LogP contribution in [-0.4, -0.2) is 28.8 Å². The van der Waals surface area contributed by atoms with Crippen LogP contribution in [0.15, 0.2) is 22.7 Å². The highest BCUT2D eigenvalue weighted by molar-refractivity contribution is 6.42. The molecular weight excluding hydrogens is 301 g/mol. The Morgan fingerprint density at radius 1 is 1.35 bits per heavy atom. The lowest BCUT2D eigenvalue weighted by Gasteiger charge is -2.38. The lowest BCUT2D eigenvalue weighted by atomic mass is 10.0. The van der Waals surface area contributed by atoms with Crippen molar-refractivity contribution in [1.29, 1.82) is 0 Å². The maximum atomic E-state index is 5.97. The number of nitrogens with one attached hydrogen (secondary N) is 1. The van der Waals surface area contributed by atoms with Crippen molar-refractivity contribution in [3.63, 3.8) is 0 Å². The van der Waals surface area contributed by atoms with Gasteiger partial charge in [-0.2, -0.15) is 4.98 Å². The predicted octanol–water partition coefficient (Wildman–Crippen LogP) is 2.92. The van der Waals surface area contributed by atoms with Gasteiger partial charge in [0.2, 0.25) is 5.82 Å². The van der Waals surface area contributed by atoms with E-state index in [1.54, 1.807) is 18.2 Å². The van der Waals surface area contributed by atoms with Gasteiger partial charge in [-0.1, -0.05) is 28.4 Å². The molecule has 0 aliphatic carbocycles. The van der Waals surface area contributed by atoms with Crippen LogP contribution in [0.1, 0.15) is 12.8 Å².